The second kappa shape index (κ2) is 6.17. The van der Waals surface area contributed by atoms with Gasteiger partial charge < -0.3 is 9.62 Å². The highest BCUT2D eigenvalue weighted by atomic mass is 32.1. The molecule has 0 bridgehead atoms. The molecule has 1 aliphatic heterocycles. The minimum atomic E-state index is -0.194. The molecule has 7 nitrogen and oxygen atoms in total. The number of hydrogen-bond acceptors (Lipinski definition) is 4. The Morgan fingerprint density at radius 1 is 1.35 bits per heavy atom. The number of hydrogen-bond donors (Lipinski definition) is 3. The predicted molar refractivity (Wildman–Crippen MR) is 77.9 cm³/mol. The van der Waals surface area contributed by atoms with Gasteiger partial charge in [0.2, 0.25) is 5.91 Å². The van der Waals surface area contributed by atoms with Crippen molar-refractivity contribution in [2.24, 2.45) is 5.92 Å². The lowest BCUT2D eigenvalue weighted by Gasteiger charge is -2.30. The van der Waals surface area contributed by atoms with Gasteiger partial charge in [-0.1, -0.05) is 12.8 Å². The molecule has 2 heterocycles. The summed E-state index contributed by atoms with van der Waals surface area (Å²) in [5.74, 6) is -0.142. The monoisotopic (exact) mass is 297 g/mol. The Balaban J connectivity index is 1.89. The van der Waals surface area contributed by atoms with Crippen molar-refractivity contribution in [1.29, 1.82) is 0 Å². The largest absolute Gasteiger partial charge is 0.337 e. The molecule has 2 rings (SSSR count). The molecular weight excluding hydrogens is 278 g/mol. The molecule has 110 valence electrons. The first-order valence-corrected chi connectivity index (χ1v) is 6.99. The van der Waals surface area contributed by atoms with Crippen LogP contribution in [0.4, 0.5) is 4.79 Å². The molecule has 2 N–H and O–H groups in total. The van der Waals surface area contributed by atoms with Gasteiger partial charge in [-0.3, -0.25) is 4.79 Å². The summed E-state index contributed by atoms with van der Waals surface area (Å²) in [4.78, 5) is 26.7. The number of thiol groups is 1. The molecule has 20 heavy (non-hydrogen) atoms. The Labute approximate surface area is 123 Å². The van der Waals surface area contributed by atoms with Crippen LogP contribution >= 0.6 is 12.8 Å². The van der Waals surface area contributed by atoms with Gasteiger partial charge in [0.15, 0.2) is 0 Å². The number of amides is 3. The summed E-state index contributed by atoms with van der Waals surface area (Å²) in [6.45, 7) is 4.86. The topological polar surface area (TPSA) is 79.3 Å². The highest BCUT2D eigenvalue weighted by molar-refractivity contribution is 7.78. The third kappa shape index (κ3) is 3.24. The van der Waals surface area contributed by atoms with Crippen LogP contribution in [0.1, 0.15) is 24.2 Å². The maximum absolute atomic E-state index is 12.1. The van der Waals surface area contributed by atoms with Crippen LogP contribution in [0.5, 0.6) is 0 Å². The molecule has 1 fully saturated rings. The smallest absolute Gasteiger partial charge is 0.323 e. The van der Waals surface area contributed by atoms with Gasteiger partial charge in [-0.05, 0) is 32.8 Å². The van der Waals surface area contributed by atoms with Crippen LogP contribution in [0, 0.1) is 19.8 Å². The van der Waals surface area contributed by atoms with Crippen LogP contribution in [0.15, 0.2) is 6.07 Å². The van der Waals surface area contributed by atoms with Crippen LogP contribution in [0.3, 0.4) is 0 Å². The Bertz CT molecular complexity index is 508. The molecular formula is C12H19N5O2S. The number of nitrogens with one attached hydrogen (secondary N) is 2. The molecule has 3 amide bonds. The van der Waals surface area contributed by atoms with E-state index < -0.39 is 0 Å². The first-order chi connectivity index (χ1) is 9.51. The molecule has 0 saturated carbocycles. The average molecular weight is 297 g/mol. The molecule has 1 saturated heterocycles. The maximum Gasteiger partial charge on any atom is 0.337 e. The second-order valence-electron chi connectivity index (χ2n) is 4.99. The molecule has 8 heteroatoms. The maximum atomic E-state index is 12.1. The molecule has 0 atom stereocenters. The molecule has 0 radical (unpaired) electrons. The van der Waals surface area contributed by atoms with Crippen molar-refractivity contribution in [3.8, 4) is 0 Å². The molecule has 1 aromatic rings. The highest BCUT2D eigenvalue weighted by Gasteiger charge is 2.27. The number of carbonyl (C=O) groups excluding carboxylic acids is 2. The van der Waals surface area contributed by atoms with E-state index in [0.29, 0.717) is 25.9 Å². The zero-order chi connectivity index (χ0) is 14.7. The van der Waals surface area contributed by atoms with Gasteiger partial charge in [0.05, 0.1) is 11.4 Å². The van der Waals surface area contributed by atoms with Crippen LogP contribution in [-0.2, 0) is 4.79 Å². The van der Waals surface area contributed by atoms with E-state index in [1.54, 1.807) is 4.90 Å². The lowest BCUT2D eigenvalue weighted by atomic mass is 9.96. The van der Waals surface area contributed by atoms with Crippen LogP contribution < -0.4 is 10.1 Å². The molecule has 0 spiro atoms. The summed E-state index contributed by atoms with van der Waals surface area (Å²) in [7, 11) is 0. The zero-order valence-electron chi connectivity index (χ0n) is 11.6. The van der Waals surface area contributed by atoms with Gasteiger partial charge in [-0.25, -0.2) is 10.2 Å². The molecule has 1 aromatic heterocycles. The normalized spacial score (nSPS) is 16.1. The highest BCUT2D eigenvalue weighted by Crippen LogP contribution is 2.17. The van der Waals surface area contributed by atoms with Crippen molar-refractivity contribution in [2.45, 2.75) is 26.7 Å². The lowest BCUT2D eigenvalue weighted by molar-refractivity contribution is -0.124. The Morgan fingerprint density at radius 3 is 2.50 bits per heavy atom. The molecule has 0 unspecified atom stereocenters. The number of aryl methyl sites for hydroxylation is 2. The minimum Gasteiger partial charge on any atom is -0.323 e. The SMILES string of the molecule is Cc1cc(C)n(NC(=O)N2CCC(C(=O)NS)CC2)n1. The van der Waals surface area contributed by atoms with Gasteiger partial charge in [0, 0.05) is 19.0 Å². The molecule has 0 aliphatic carbocycles. The van der Waals surface area contributed by atoms with E-state index in [1.807, 2.05) is 19.9 Å². The lowest BCUT2D eigenvalue weighted by Crippen LogP contribution is -2.45. The van der Waals surface area contributed by atoms with Gasteiger partial charge in [-0.2, -0.15) is 9.89 Å². The number of rotatable bonds is 2. The van der Waals surface area contributed by atoms with Crippen LogP contribution in [-0.4, -0.2) is 39.8 Å². The summed E-state index contributed by atoms with van der Waals surface area (Å²) >= 11 is 3.76. The number of urea groups is 1. The fourth-order valence-electron chi connectivity index (χ4n) is 2.34. The van der Waals surface area contributed by atoms with Crippen molar-refractivity contribution < 1.29 is 9.59 Å². The van der Waals surface area contributed by atoms with Crippen LogP contribution in [0.2, 0.25) is 0 Å². The van der Waals surface area contributed by atoms with E-state index in [1.165, 1.54) is 4.79 Å². The summed E-state index contributed by atoms with van der Waals surface area (Å²) in [5, 5.41) is 4.19. The Kier molecular flexibility index (Phi) is 4.53. The minimum absolute atomic E-state index is 0.0646. The van der Waals surface area contributed by atoms with Crippen molar-refractivity contribution in [3.63, 3.8) is 0 Å². The standard InChI is InChI=1S/C12H19N5O2S/c1-8-7-9(2)17(13-8)14-12(19)16-5-3-10(4-6-16)11(18)15-20/h7,10,20H,3-6H2,1-2H3,(H,14,19)(H,15,18). The average Bonchev–Trinajstić information content (AvgIpc) is 2.76. The van der Waals surface area contributed by atoms with Gasteiger partial charge in [0.1, 0.15) is 0 Å². The van der Waals surface area contributed by atoms with Crippen molar-refractivity contribution in [3.05, 3.63) is 17.5 Å². The number of aromatic nitrogens is 2. The number of likely N-dealkylation sites (tertiary alicyclic amines) is 1. The third-order valence-electron chi connectivity index (χ3n) is 3.47. The van der Waals surface area contributed by atoms with Gasteiger partial charge in [0.25, 0.3) is 0 Å². The number of piperidine rings is 1. The summed E-state index contributed by atoms with van der Waals surface area (Å²) < 4.78 is 2.35. The Hall–Kier alpha value is -1.70. The van der Waals surface area contributed by atoms with E-state index in [2.05, 4.69) is 28.1 Å². The third-order valence-corrected chi connectivity index (χ3v) is 3.69. The van der Waals surface area contributed by atoms with Crippen LogP contribution in [0.25, 0.3) is 0 Å². The van der Waals surface area contributed by atoms with Gasteiger partial charge in [-0.15, -0.1) is 0 Å². The quantitative estimate of drug-likeness (QED) is 0.708. The second-order valence-corrected chi connectivity index (χ2v) is 5.22. The van der Waals surface area contributed by atoms with E-state index >= 15 is 0 Å². The van der Waals surface area contributed by atoms with E-state index in [-0.39, 0.29) is 17.9 Å². The first kappa shape index (κ1) is 14.7. The van der Waals surface area contributed by atoms with Gasteiger partial charge >= 0.3 is 6.03 Å². The Morgan fingerprint density at radius 2 is 2.00 bits per heavy atom. The zero-order valence-corrected chi connectivity index (χ0v) is 12.5. The van der Waals surface area contributed by atoms with Crippen molar-refractivity contribution in [1.82, 2.24) is 19.5 Å². The number of carbonyl (C=O) groups is 2. The van der Waals surface area contributed by atoms with Crippen molar-refractivity contribution >= 4 is 24.8 Å². The summed E-state index contributed by atoms with van der Waals surface area (Å²) in [6, 6.07) is 1.70. The first-order valence-electron chi connectivity index (χ1n) is 6.54. The fraction of sp³-hybridized carbons (Fsp3) is 0.583. The summed E-state index contributed by atoms with van der Waals surface area (Å²) in [6.07, 6.45) is 1.30. The summed E-state index contributed by atoms with van der Waals surface area (Å²) in [5.41, 5.74) is 4.46. The number of nitrogens with zero attached hydrogens (tertiary/aromatic N) is 3. The van der Waals surface area contributed by atoms with E-state index in [4.69, 9.17) is 0 Å². The molecule has 1 aliphatic rings. The van der Waals surface area contributed by atoms with E-state index in [0.717, 1.165) is 11.4 Å². The van der Waals surface area contributed by atoms with Crippen molar-refractivity contribution in [2.75, 3.05) is 18.5 Å². The molecule has 0 aromatic carbocycles. The predicted octanol–water partition coefficient (Wildman–Crippen LogP) is 0.836. The fourth-order valence-corrected chi connectivity index (χ4v) is 2.52. The van der Waals surface area contributed by atoms with E-state index in [9.17, 15) is 9.59 Å².